The smallest absolute Gasteiger partial charge is 0.341 e. The number of carbonyl (C=O) groups is 2. The van der Waals surface area contributed by atoms with E-state index in [0.29, 0.717) is 20.6 Å². The van der Waals surface area contributed by atoms with Crippen molar-refractivity contribution in [3.05, 3.63) is 80.7 Å². The van der Waals surface area contributed by atoms with Gasteiger partial charge in [0.1, 0.15) is 10.6 Å². The average molecular weight is 446 g/mol. The normalized spacial score (nSPS) is 10.9. The van der Waals surface area contributed by atoms with Crippen molar-refractivity contribution in [2.24, 2.45) is 0 Å². The van der Waals surface area contributed by atoms with E-state index in [2.05, 4.69) is 5.32 Å². The number of rotatable bonds is 5. The number of ether oxygens (including phenoxy) is 1. The molecule has 0 saturated carbocycles. The van der Waals surface area contributed by atoms with Crippen molar-refractivity contribution in [3.63, 3.8) is 0 Å². The molecule has 1 aromatic heterocycles. The third kappa shape index (κ3) is 4.88. The zero-order valence-electron chi connectivity index (χ0n) is 15.7. The van der Waals surface area contributed by atoms with Gasteiger partial charge in [-0.05, 0) is 36.3 Å². The summed E-state index contributed by atoms with van der Waals surface area (Å²) in [5.74, 6) is -0.876. The Morgan fingerprint density at radius 3 is 2.45 bits per heavy atom. The summed E-state index contributed by atoms with van der Waals surface area (Å²) in [5, 5.41) is 4.08. The quantitative estimate of drug-likeness (QED) is 0.361. The minimum atomic E-state index is -0.503. The highest BCUT2D eigenvalue weighted by atomic mass is 35.5. The number of esters is 1. The van der Waals surface area contributed by atoms with Crippen molar-refractivity contribution in [3.8, 4) is 11.1 Å². The Morgan fingerprint density at radius 1 is 1.07 bits per heavy atom. The molecule has 0 aliphatic heterocycles. The first-order valence-electron chi connectivity index (χ1n) is 8.62. The van der Waals surface area contributed by atoms with Gasteiger partial charge < -0.3 is 10.1 Å². The van der Waals surface area contributed by atoms with Crippen LogP contribution in [-0.4, -0.2) is 19.0 Å². The Bertz CT molecular complexity index is 1090. The molecule has 1 heterocycles. The van der Waals surface area contributed by atoms with Crippen molar-refractivity contribution in [2.45, 2.75) is 6.92 Å². The lowest BCUT2D eigenvalue weighted by atomic mass is 10.0. The van der Waals surface area contributed by atoms with Crippen LogP contribution in [0.3, 0.4) is 0 Å². The SMILES string of the molecule is COC(=O)c1c(NC(=O)/C=C/c2ccc(Cl)c(Cl)c2)sc(C)c1-c1ccccc1. The Hall–Kier alpha value is -2.60. The fraction of sp³-hybridized carbons (Fsp3) is 0.0909. The van der Waals surface area contributed by atoms with Crippen LogP contribution in [0, 0.1) is 6.92 Å². The molecule has 0 aliphatic rings. The minimum absolute atomic E-state index is 0.345. The Morgan fingerprint density at radius 2 is 1.79 bits per heavy atom. The van der Waals surface area contributed by atoms with E-state index in [1.807, 2.05) is 37.3 Å². The van der Waals surface area contributed by atoms with Gasteiger partial charge in [-0.25, -0.2) is 4.79 Å². The predicted octanol–water partition coefficient (Wildman–Crippen LogP) is 6.47. The van der Waals surface area contributed by atoms with E-state index < -0.39 is 5.97 Å². The minimum Gasteiger partial charge on any atom is -0.465 e. The second kappa shape index (κ2) is 9.27. The molecule has 0 bridgehead atoms. The first-order chi connectivity index (χ1) is 13.9. The lowest BCUT2D eigenvalue weighted by Gasteiger charge is -2.07. The van der Waals surface area contributed by atoms with Crippen LogP contribution in [0.15, 0.2) is 54.6 Å². The molecule has 7 heteroatoms. The van der Waals surface area contributed by atoms with Gasteiger partial charge in [-0.3, -0.25) is 4.79 Å². The lowest BCUT2D eigenvalue weighted by molar-refractivity contribution is -0.111. The molecule has 29 heavy (non-hydrogen) atoms. The number of halogens is 2. The predicted molar refractivity (Wildman–Crippen MR) is 120 cm³/mol. The highest BCUT2D eigenvalue weighted by Gasteiger charge is 2.24. The molecule has 3 aromatic rings. The van der Waals surface area contributed by atoms with Crippen molar-refractivity contribution in [2.75, 3.05) is 12.4 Å². The first-order valence-corrected chi connectivity index (χ1v) is 10.2. The van der Waals surface area contributed by atoms with Gasteiger partial charge in [0.25, 0.3) is 0 Å². The molecular formula is C22H17Cl2NO3S. The Balaban J connectivity index is 1.90. The summed E-state index contributed by atoms with van der Waals surface area (Å²) in [6.07, 6.45) is 2.99. The summed E-state index contributed by atoms with van der Waals surface area (Å²) in [7, 11) is 1.32. The highest BCUT2D eigenvalue weighted by Crippen LogP contribution is 2.40. The molecule has 1 N–H and O–H groups in total. The zero-order valence-corrected chi connectivity index (χ0v) is 18.0. The standard InChI is InChI=1S/C22H17Cl2NO3S/c1-13-19(15-6-4-3-5-7-15)20(22(27)28-2)21(29-13)25-18(26)11-9-14-8-10-16(23)17(24)12-14/h3-12H,1-2H3,(H,25,26)/b11-9+. The number of aryl methyl sites for hydroxylation is 1. The molecule has 0 atom stereocenters. The molecule has 0 saturated heterocycles. The van der Waals surface area contributed by atoms with Crippen LogP contribution >= 0.6 is 34.5 Å². The number of benzene rings is 2. The zero-order chi connectivity index (χ0) is 21.0. The highest BCUT2D eigenvalue weighted by molar-refractivity contribution is 7.17. The molecule has 4 nitrogen and oxygen atoms in total. The number of methoxy groups -OCH3 is 1. The van der Waals surface area contributed by atoms with Gasteiger partial charge in [0, 0.05) is 16.5 Å². The van der Waals surface area contributed by atoms with E-state index >= 15 is 0 Å². The molecule has 1 amide bonds. The largest absolute Gasteiger partial charge is 0.465 e. The molecular weight excluding hydrogens is 429 g/mol. The van der Waals surface area contributed by atoms with Gasteiger partial charge in [-0.2, -0.15) is 0 Å². The number of anilines is 1. The topological polar surface area (TPSA) is 55.4 Å². The summed E-state index contributed by atoms with van der Waals surface area (Å²) < 4.78 is 4.96. The summed E-state index contributed by atoms with van der Waals surface area (Å²) in [6.45, 7) is 1.90. The molecule has 3 rings (SSSR count). The number of nitrogens with one attached hydrogen (secondary N) is 1. The van der Waals surface area contributed by atoms with Crippen LogP contribution in [0.1, 0.15) is 20.8 Å². The van der Waals surface area contributed by atoms with Gasteiger partial charge in [0.05, 0.1) is 17.2 Å². The van der Waals surface area contributed by atoms with Crippen LogP contribution in [-0.2, 0) is 9.53 Å². The van der Waals surface area contributed by atoms with Crippen LogP contribution in [0.2, 0.25) is 10.0 Å². The van der Waals surface area contributed by atoms with Crippen LogP contribution in [0.5, 0.6) is 0 Å². The van der Waals surface area contributed by atoms with E-state index in [1.165, 1.54) is 24.5 Å². The molecule has 0 unspecified atom stereocenters. The maximum Gasteiger partial charge on any atom is 0.341 e. The van der Waals surface area contributed by atoms with E-state index in [0.717, 1.165) is 21.6 Å². The molecule has 148 valence electrons. The average Bonchev–Trinajstić information content (AvgIpc) is 3.04. The third-order valence-electron chi connectivity index (χ3n) is 4.14. The summed E-state index contributed by atoms with van der Waals surface area (Å²) in [4.78, 5) is 25.8. The number of carbonyl (C=O) groups excluding carboxylic acids is 2. The van der Waals surface area contributed by atoms with Crippen LogP contribution in [0.4, 0.5) is 5.00 Å². The van der Waals surface area contributed by atoms with Gasteiger partial charge in [-0.15, -0.1) is 11.3 Å². The first kappa shape index (κ1) is 21.1. The van der Waals surface area contributed by atoms with Crippen LogP contribution in [0.25, 0.3) is 17.2 Å². The Labute approximate surface area is 182 Å². The number of hydrogen-bond donors (Lipinski definition) is 1. The summed E-state index contributed by atoms with van der Waals surface area (Å²) in [6, 6.07) is 14.6. The fourth-order valence-electron chi connectivity index (χ4n) is 2.82. The molecule has 0 spiro atoms. The van der Waals surface area contributed by atoms with E-state index in [9.17, 15) is 9.59 Å². The van der Waals surface area contributed by atoms with Gasteiger partial charge >= 0.3 is 5.97 Å². The lowest BCUT2D eigenvalue weighted by Crippen LogP contribution is -2.11. The number of thiophene rings is 1. The van der Waals surface area contributed by atoms with Crippen molar-refractivity contribution >= 4 is 57.5 Å². The van der Waals surface area contributed by atoms with E-state index in [4.69, 9.17) is 27.9 Å². The Kier molecular flexibility index (Phi) is 6.75. The van der Waals surface area contributed by atoms with Crippen molar-refractivity contribution in [1.82, 2.24) is 0 Å². The van der Waals surface area contributed by atoms with Crippen molar-refractivity contribution < 1.29 is 14.3 Å². The molecule has 0 radical (unpaired) electrons. The third-order valence-corrected chi connectivity index (χ3v) is 5.90. The molecule has 2 aromatic carbocycles. The van der Waals surface area contributed by atoms with Gasteiger partial charge in [0.15, 0.2) is 0 Å². The fourth-order valence-corrected chi connectivity index (χ4v) is 4.20. The summed E-state index contributed by atoms with van der Waals surface area (Å²) >= 11 is 13.2. The maximum atomic E-state index is 12.5. The van der Waals surface area contributed by atoms with Gasteiger partial charge in [0.2, 0.25) is 5.91 Å². The second-order valence-corrected chi connectivity index (χ2v) is 8.13. The number of hydrogen-bond acceptors (Lipinski definition) is 4. The maximum absolute atomic E-state index is 12.5. The number of amides is 1. The second-order valence-electron chi connectivity index (χ2n) is 6.09. The van der Waals surface area contributed by atoms with Crippen LogP contribution < -0.4 is 5.32 Å². The van der Waals surface area contributed by atoms with Crippen molar-refractivity contribution in [1.29, 1.82) is 0 Å². The van der Waals surface area contributed by atoms with Gasteiger partial charge in [-0.1, -0.05) is 59.6 Å². The molecule has 0 aliphatic carbocycles. The molecule has 0 fully saturated rings. The van der Waals surface area contributed by atoms with E-state index in [1.54, 1.807) is 24.3 Å². The summed E-state index contributed by atoms with van der Waals surface area (Å²) in [5.41, 5.74) is 2.72. The van der Waals surface area contributed by atoms with E-state index in [-0.39, 0.29) is 5.91 Å². The monoisotopic (exact) mass is 445 g/mol.